The molecule has 1 heterocycles. The highest BCUT2D eigenvalue weighted by Gasteiger charge is 2.19. The Morgan fingerprint density at radius 1 is 1.00 bits per heavy atom. The lowest BCUT2D eigenvalue weighted by Gasteiger charge is -2.08. The van der Waals surface area contributed by atoms with Gasteiger partial charge in [-0.15, -0.1) is 5.10 Å². The molecule has 144 valence electrons. The van der Waals surface area contributed by atoms with E-state index in [0.29, 0.717) is 11.4 Å². The van der Waals surface area contributed by atoms with E-state index in [1.54, 1.807) is 6.07 Å². The molecule has 8 nitrogen and oxygen atoms in total. The van der Waals surface area contributed by atoms with Crippen LogP contribution in [0.15, 0.2) is 42.5 Å². The number of nitrogens with zero attached hydrogens (tertiary/aromatic N) is 3. The first kappa shape index (κ1) is 19.1. The summed E-state index contributed by atoms with van der Waals surface area (Å²) in [6.45, 7) is 5.75. The molecule has 0 unspecified atom stereocenters. The number of rotatable bonds is 5. The molecule has 0 saturated heterocycles. The third-order valence-corrected chi connectivity index (χ3v) is 4.35. The minimum absolute atomic E-state index is 0.0273. The van der Waals surface area contributed by atoms with Crippen molar-refractivity contribution in [2.24, 2.45) is 0 Å². The fourth-order valence-electron chi connectivity index (χ4n) is 2.67. The number of hydrogen-bond acceptors (Lipinski definition) is 5. The van der Waals surface area contributed by atoms with Gasteiger partial charge < -0.3 is 16.4 Å². The maximum Gasteiger partial charge on any atom is 0.280 e. The van der Waals surface area contributed by atoms with Crippen molar-refractivity contribution in [3.8, 4) is 0 Å². The summed E-state index contributed by atoms with van der Waals surface area (Å²) in [7, 11) is 0. The molecule has 0 spiro atoms. The first-order chi connectivity index (χ1) is 13.3. The van der Waals surface area contributed by atoms with E-state index in [-0.39, 0.29) is 24.0 Å². The summed E-state index contributed by atoms with van der Waals surface area (Å²) >= 11 is 0. The molecule has 0 aliphatic heterocycles. The topological polar surface area (TPSA) is 115 Å². The van der Waals surface area contributed by atoms with Crippen molar-refractivity contribution < 1.29 is 9.59 Å². The van der Waals surface area contributed by atoms with Gasteiger partial charge in [0.1, 0.15) is 6.54 Å². The molecule has 0 atom stereocenters. The Morgan fingerprint density at radius 2 is 1.75 bits per heavy atom. The molecule has 2 aromatic carbocycles. The SMILES string of the molecule is Cc1cccc(NC(=O)c2nnn(CC(=O)Nc3ccc(C)c(C)c3)c2N)c1. The van der Waals surface area contributed by atoms with E-state index in [0.717, 1.165) is 16.7 Å². The van der Waals surface area contributed by atoms with Gasteiger partial charge in [0.15, 0.2) is 11.5 Å². The van der Waals surface area contributed by atoms with Gasteiger partial charge in [-0.25, -0.2) is 4.68 Å². The minimum Gasteiger partial charge on any atom is -0.382 e. The number of benzene rings is 2. The van der Waals surface area contributed by atoms with Gasteiger partial charge in [0.2, 0.25) is 5.91 Å². The fourth-order valence-corrected chi connectivity index (χ4v) is 2.67. The van der Waals surface area contributed by atoms with Gasteiger partial charge in [0.05, 0.1) is 0 Å². The van der Waals surface area contributed by atoms with Gasteiger partial charge in [-0.2, -0.15) is 0 Å². The molecule has 8 heteroatoms. The van der Waals surface area contributed by atoms with Gasteiger partial charge in [-0.05, 0) is 61.7 Å². The predicted octanol–water partition coefficient (Wildman–Crippen LogP) is 2.68. The number of aromatic nitrogens is 3. The number of nitrogens with one attached hydrogen (secondary N) is 2. The van der Waals surface area contributed by atoms with Crippen LogP contribution in [-0.2, 0) is 11.3 Å². The third kappa shape index (κ3) is 4.35. The maximum atomic E-state index is 12.4. The normalized spacial score (nSPS) is 10.5. The highest BCUT2D eigenvalue weighted by molar-refractivity contribution is 6.05. The zero-order valence-electron chi connectivity index (χ0n) is 16.0. The van der Waals surface area contributed by atoms with Crippen molar-refractivity contribution in [3.63, 3.8) is 0 Å². The van der Waals surface area contributed by atoms with Gasteiger partial charge in [-0.3, -0.25) is 9.59 Å². The van der Waals surface area contributed by atoms with Gasteiger partial charge in [-0.1, -0.05) is 23.4 Å². The van der Waals surface area contributed by atoms with Crippen LogP contribution in [0.1, 0.15) is 27.2 Å². The molecule has 3 aromatic rings. The number of carbonyl (C=O) groups is 2. The predicted molar refractivity (Wildman–Crippen MR) is 108 cm³/mol. The molecule has 4 N–H and O–H groups in total. The standard InChI is InChI=1S/C20H22N6O2/c1-12-5-4-6-15(9-12)23-20(28)18-19(21)26(25-24-18)11-17(27)22-16-8-7-13(2)14(3)10-16/h4-10H,11,21H2,1-3H3,(H,22,27)(H,23,28). The molecule has 2 amide bonds. The summed E-state index contributed by atoms with van der Waals surface area (Å²) in [5.74, 6) is -0.769. The number of hydrogen-bond donors (Lipinski definition) is 3. The smallest absolute Gasteiger partial charge is 0.280 e. The fraction of sp³-hybridized carbons (Fsp3) is 0.200. The average Bonchev–Trinajstić information content (AvgIpc) is 2.99. The monoisotopic (exact) mass is 378 g/mol. The van der Waals surface area contributed by atoms with Crippen LogP contribution >= 0.6 is 0 Å². The number of nitrogen functional groups attached to an aromatic ring is 1. The number of nitrogens with two attached hydrogens (primary N) is 1. The first-order valence-corrected chi connectivity index (χ1v) is 8.77. The van der Waals surface area contributed by atoms with Crippen molar-refractivity contribution >= 4 is 29.0 Å². The summed E-state index contributed by atoms with van der Waals surface area (Å²) in [5.41, 5.74) is 10.5. The Kier molecular flexibility index (Phi) is 5.39. The molecule has 1 aromatic heterocycles. The van der Waals surface area contributed by atoms with E-state index in [4.69, 9.17) is 5.73 Å². The molecule has 28 heavy (non-hydrogen) atoms. The van der Waals surface area contributed by atoms with Crippen LogP contribution in [0.5, 0.6) is 0 Å². The lowest BCUT2D eigenvalue weighted by atomic mass is 10.1. The van der Waals surface area contributed by atoms with Crippen LogP contribution in [0.25, 0.3) is 0 Å². The Bertz CT molecular complexity index is 1040. The summed E-state index contributed by atoms with van der Waals surface area (Å²) < 4.78 is 1.20. The highest BCUT2D eigenvalue weighted by atomic mass is 16.2. The highest BCUT2D eigenvalue weighted by Crippen LogP contribution is 2.16. The van der Waals surface area contributed by atoms with E-state index in [1.807, 2.05) is 57.2 Å². The molecule has 0 saturated carbocycles. The minimum atomic E-state index is -0.482. The van der Waals surface area contributed by atoms with Crippen LogP contribution in [0, 0.1) is 20.8 Å². The molecule has 3 rings (SSSR count). The van der Waals surface area contributed by atoms with E-state index < -0.39 is 5.91 Å². The van der Waals surface area contributed by atoms with Crippen LogP contribution in [0.3, 0.4) is 0 Å². The van der Waals surface area contributed by atoms with Crippen molar-refractivity contribution in [1.82, 2.24) is 15.0 Å². The van der Waals surface area contributed by atoms with E-state index in [2.05, 4.69) is 20.9 Å². The molecule has 0 aliphatic rings. The Labute approximate surface area is 162 Å². The lowest BCUT2D eigenvalue weighted by molar-refractivity contribution is -0.116. The van der Waals surface area contributed by atoms with E-state index in [9.17, 15) is 9.59 Å². The van der Waals surface area contributed by atoms with Crippen molar-refractivity contribution in [2.75, 3.05) is 16.4 Å². The molecule has 0 fully saturated rings. The van der Waals surface area contributed by atoms with Crippen LogP contribution in [0.2, 0.25) is 0 Å². The number of amides is 2. The zero-order valence-corrected chi connectivity index (χ0v) is 16.0. The van der Waals surface area contributed by atoms with Crippen molar-refractivity contribution in [2.45, 2.75) is 27.3 Å². The zero-order chi connectivity index (χ0) is 20.3. The second-order valence-corrected chi connectivity index (χ2v) is 6.65. The van der Waals surface area contributed by atoms with Gasteiger partial charge in [0, 0.05) is 11.4 Å². The summed E-state index contributed by atoms with van der Waals surface area (Å²) in [4.78, 5) is 24.7. The summed E-state index contributed by atoms with van der Waals surface area (Å²) in [6.07, 6.45) is 0. The van der Waals surface area contributed by atoms with Crippen LogP contribution in [0.4, 0.5) is 17.2 Å². The Morgan fingerprint density at radius 3 is 2.46 bits per heavy atom. The molecule has 0 radical (unpaired) electrons. The quantitative estimate of drug-likeness (QED) is 0.631. The Hall–Kier alpha value is -3.68. The molecule has 0 aliphatic carbocycles. The third-order valence-electron chi connectivity index (χ3n) is 4.35. The Balaban J connectivity index is 1.67. The van der Waals surface area contributed by atoms with Crippen LogP contribution in [-0.4, -0.2) is 26.8 Å². The summed E-state index contributed by atoms with van der Waals surface area (Å²) in [5, 5.41) is 13.2. The second kappa shape index (κ2) is 7.91. The molecule has 0 bridgehead atoms. The van der Waals surface area contributed by atoms with Gasteiger partial charge >= 0.3 is 0 Å². The van der Waals surface area contributed by atoms with E-state index in [1.165, 1.54) is 4.68 Å². The van der Waals surface area contributed by atoms with Crippen molar-refractivity contribution in [1.29, 1.82) is 0 Å². The first-order valence-electron chi connectivity index (χ1n) is 8.77. The second-order valence-electron chi connectivity index (χ2n) is 6.65. The maximum absolute atomic E-state index is 12.4. The lowest BCUT2D eigenvalue weighted by Crippen LogP contribution is -2.21. The largest absolute Gasteiger partial charge is 0.382 e. The average molecular weight is 378 g/mol. The number of carbonyl (C=O) groups excluding carboxylic acids is 2. The van der Waals surface area contributed by atoms with Gasteiger partial charge in [0.25, 0.3) is 5.91 Å². The van der Waals surface area contributed by atoms with E-state index >= 15 is 0 Å². The molecular formula is C20H22N6O2. The van der Waals surface area contributed by atoms with Crippen molar-refractivity contribution in [3.05, 3.63) is 64.8 Å². The number of aryl methyl sites for hydroxylation is 3. The number of anilines is 3. The van der Waals surface area contributed by atoms with Crippen LogP contribution < -0.4 is 16.4 Å². The molecular weight excluding hydrogens is 356 g/mol. The summed E-state index contributed by atoms with van der Waals surface area (Å²) in [6, 6.07) is 13.0.